The van der Waals surface area contributed by atoms with Crippen molar-refractivity contribution in [3.05, 3.63) is 69.7 Å². The second-order valence-electron chi connectivity index (χ2n) is 5.73. The standard InChI is InChI=1S/C19H20Cl2N2O2/c1-14(24)23(12-16-4-8-18(21)9-5-16)13-19(25)22-11-10-15-2-6-17(20)7-3-15/h2-9H,10-13H2,1H3,(H,22,25). The van der Waals surface area contributed by atoms with E-state index >= 15 is 0 Å². The molecule has 2 rings (SSSR count). The van der Waals surface area contributed by atoms with Gasteiger partial charge < -0.3 is 10.2 Å². The maximum absolute atomic E-state index is 12.1. The highest BCUT2D eigenvalue weighted by atomic mass is 35.5. The molecule has 2 aromatic carbocycles. The summed E-state index contributed by atoms with van der Waals surface area (Å²) in [5, 5.41) is 4.16. The smallest absolute Gasteiger partial charge is 0.239 e. The first-order valence-electron chi connectivity index (χ1n) is 7.95. The summed E-state index contributed by atoms with van der Waals surface area (Å²) in [7, 11) is 0. The zero-order valence-electron chi connectivity index (χ0n) is 14.0. The second kappa shape index (κ2) is 9.44. The Balaban J connectivity index is 1.82. The van der Waals surface area contributed by atoms with Gasteiger partial charge in [-0.15, -0.1) is 0 Å². The molecule has 0 aliphatic rings. The van der Waals surface area contributed by atoms with Crippen molar-refractivity contribution in [2.45, 2.75) is 19.9 Å². The van der Waals surface area contributed by atoms with Crippen LogP contribution in [0.15, 0.2) is 48.5 Å². The van der Waals surface area contributed by atoms with Crippen molar-refractivity contribution < 1.29 is 9.59 Å². The number of hydrogen-bond donors (Lipinski definition) is 1. The van der Waals surface area contributed by atoms with E-state index in [1.165, 1.54) is 11.8 Å². The van der Waals surface area contributed by atoms with Gasteiger partial charge in [-0.1, -0.05) is 47.5 Å². The summed E-state index contributed by atoms with van der Waals surface area (Å²) in [6, 6.07) is 14.7. The van der Waals surface area contributed by atoms with E-state index in [2.05, 4.69) is 5.32 Å². The van der Waals surface area contributed by atoms with Gasteiger partial charge in [0.05, 0.1) is 6.54 Å². The maximum atomic E-state index is 12.1. The van der Waals surface area contributed by atoms with E-state index in [1.807, 2.05) is 36.4 Å². The average Bonchev–Trinajstić information content (AvgIpc) is 2.58. The Morgan fingerprint density at radius 3 is 1.96 bits per heavy atom. The van der Waals surface area contributed by atoms with Crippen molar-refractivity contribution in [2.75, 3.05) is 13.1 Å². The Kier molecular flexibility index (Phi) is 7.29. The van der Waals surface area contributed by atoms with Crippen molar-refractivity contribution in [3.8, 4) is 0 Å². The normalized spacial score (nSPS) is 10.4. The van der Waals surface area contributed by atoms with Crippen LogP contribution in [0.25, 0.3) is 0 Å². The molecule has 2 amide bonds. The average molecular weight is 379 g/mol. The van der Waals surface area contributed by atoms with Crippen molar-refractivity contribution in [3.63, 3.8) is 0 Å². The molecule has 25 heavy (non-hydrogen) atoms. The molecule has 1 N–H and O–H groups in total. The molecular formula is C19H20Cl2N2O2. The Bertz CT molecular complexity index is 715. The zero-order chi connectivity index (χ0) is 18.2. The summed E-state index contributed by atoms with van der Waals surface area (Å²) < 4.78 is 0. The maximum Gasteiger partial charge on any atom is 0.239 e. The van der Waals surface area contributed by atoms with Gasteiger partial charge in [0.2, 0.25) is 11.8 Å². The first-order valence-corrected chi connectivity index (χ1v) is 8.71. The molecule has 0 saturated heterocycles. The monoisotopic (exact) mass is 378 g/mol. The highest BCUT2D eigenvalue weighted by molar-refractivity contribution is 6.30. The summed E-state index contributed by atoms with van der Waals surface area (Å²) in [4.78, 5) is 25.4. The first kappa shape index (κ1) is 19.3. The van der Waals surface area contributed by atoms with Gasteiger partial charge in [-0.25, -0.2) is 0 Å². The minimum atomic E-state index is -0.182. The van der Waals surface area contributed by atoms with Crippen LogP contribution < -0.4 is 5.32 Å². The molecular weight excluding hydrogens is 359 g/mol. The van der Waals surface area contributed by atoms with Crippen LogP contribution in [0.4, 0.5) is 0 Å². The van der Waals surface area contributed by atoms with E-state index in [0.717, 1.165) is 11.1 Å². The Labute approximate surface area is 157 Å². The fourth-order valence-corrected chi connectivity index (χ4v) is 2.57. The van der Waals surface area contributed by atoms with Gasteiger partial charge in [0.25, 0.3) is 0 Å². The largest absolute Gasteiger partial charge is 0.354 e. The third-order valence-electron chi connectivity index (χ3n) is 3.72. The Morgan fingerprint density at radius 1 is 0.920 bits per heavy atom. The molecule has 6 heteroatoms. The van der Waals surface area contributed by atoms with Gasteiger partial charge in [-0.05, 0) is 41.8 Å². The molecule has 0 aromatic heterocycles. The molecule has 0 aliphatic heterocycles. The van der Waals surface area contributed by atoms with E-state index in [0.29, 0.717) is 29.6 Å². The van der Waals surface area contributed by atoms with Crippen LogP contribution in [-0.4, -0.2) is 29.8 Å². The van der Waals surface area contributed by atoms with Gasteiger partial charge in [0, 0.05) is 30.1 Å². The van der Waals surface area contributed by atoms with Crippen LogP contribution in [0.2, 0.25) is 10.0 Å². The van der Waals surface area contributed by atoms with Gasteiger partial charge in [-0.2, -0.15) is 0 Å². The van der Waals surface area contributed by atoms with Crippen LogP contribution in [0.1, 0.15) is 18.1 Å². The summed E-state index contributed by atoms with van der Waals surface area (Å²) in [5.74, 6) is -0.332. The number of hydrogen-bond acceptors (Lipinski definition) is 2. The molecule has 0 aliphatic carbocycles. The van der Waals surface area contributed by atoms with Crippen LogP contribution in [0.3, 0.4) is 0 Å². The number of rotatable bonds is 7. The molecule has 0 unspecified atom stereocenters. The molecule has 4 nitrogen and oxygen atoms in total. The minimum Gasteiger partial charge on any atom is -0.354 e. The molecule has 2 aromatic rings. The van der Waals surface area contributed by atoms with Crippen molar-refractivity contribution >= 4 is 35.0 Å². The lowest BCUT2D eigenvalue weighted by atomic mass is 10.1. The number of amides is 2. The lowest BCUT2D eigenvalue weighted by molar-refractivity contribution is -0.134. The van der Waals surface area contributed by atoms with Crippen molar-refractivity contribution in [1.82, 2.24) is 10.2 Å². The SMILES string of the molecule is CC(=O)N(CC(=O)NCCc1ccc(Cl)cc1)Cc1ccc(Cl)cc1. The summed E-state index contributed by atoms with van der Waals surface area (Å²) in [5.41, 5.74) is 2.02. The third kappa shape index (κ3) is 6.77. The van der Waals surface area contributed by atoms with Crippen molar-refractivity contribution in [2.24, 2.45) is 0 Å². The predicted molar refractivity (Wildman–Crippen MR) is 101 cm³/mol. The van der Waals surface area contributed by atoms with E-state index in [9.17, 15) is 9.59 Å². The highest BCUT2D eigenvalue weighted by Crippen LogP contribution is 2.12. The second-order valence-corrected chi connectivity index (χ2v) is 6.60. The van der Waals surface area contributed by atoms with Gasteiger partial charge >= 0.3 is 0 Å². The molecule has 0 atom stereocenters. The summed E-state index contributed by atoms with van der Waals surface area (Å²) >= 11 is 11.7. The lowest BCUT2D eigenvalue weighted by Gasteiger charge is -2.20. The number of halogens is 2. The molecule has 0 spiro atoms. The van der Waals surface area contributed by atoms with Gasteiger partial charge in [0.15, 0.2) is 0 Å². The quantitative estimate of drug-likeness (QED) is 0.798. The van der Waals surface area contributed by atoms with Crippen LogP contribution >= 0.6 is 23.2 Å². The van der Waals surface area contributed by atoms with Gasteiger partial charge in [-0.3, -0.25) is 9.59 Å². The molecule has 0 fully saturated rings. The predicted octanol–water partition coefficient (Wildman–Crippen LogP) is 3.70. The molecule has 0 saturated carbocycles. The highest BCUT2D eigenvalue weighted by Gasteiger charge is 2.14. The number of benzene rings is 2. The summed E-state index contributed by atoms with van der Waals surface area (Å²) in [6.07, 6.45) is 0.708. The fourth-order valence-electron chi connectivity index (χ4n) is 2.32. The topological polar surface area (TPSA) is 49.4 Å². The van der Waals surface area contributed by atoms with Crippen LogP contribution in [0.5, 0.6) is 0 Å². The van der Waals surface area contributed by atoms with E-state index in [4.69, 9.17) is 23.2 Å². The summed E-state index contributed by atoms with van der Waals surface area (Å²) in [6.45, 7) is 2.36. The van der Waals surface area contributed by atoms with Crippen LogP contribution in [-0.2, 0) is 22.6 Å². The molecule has 132 valence electrons. The third-order valence-corrected chi connectivity index (χ3v) is 4.22. The molecule has 0 radical (unpaired) electrons. The molecule has 0 bridgehead atoms. The number of carbonyl (C=O) groups is 2. The fraction of sp³-hybridized carbons (Fsp3) is 0.263. The van der Waals surface area contributed by atoms with Gasteiger partial charge in [0.1, 0.15) is 0 Å². The van der Waals surface area contributed by atoms with Crippen LogP contribution in [0, 0.1) is 0 Å². The van der Waals surface area contributed by atoms with E-state index in [1.54, 1.807) is 12.1 Å². The number of nitrogens with one attached hydrogen (secondary N) is 1. The molecule has 0 heterocycles. The van der Waals surface area contributed by atoms with E-state index < -0.39 is 0 Å². The lowest BCUT2D eigenvalue weighted by Crippen LogP contribution is -2.39. The Hall–Kier alpha value is -2.04. The Morgan fingerprint density at radius 2 is 1.44 bits per heavy atom. The zero-order valence-corrected chi connectivity index (χ0v) is 15.5. The van der Waals surface area contributed by atoms with E-state index in [-0.39, 0.29) is 18.4 Å². The first-order chi connectivity index (χ1) is 11.9. The van der Waals surface area contributed by atoms with Crippen molar-refractivity contribution in [1.29, 1.82) is 0 Å². The minimum absolute atomic E-state index is 0.0264. The number of nitrogens with zero attached hydrogens (tertiary/aromatic N) is 1. The number of carbonyl (C=O) groups excluding carboxylic acids is 2.